The molecule has 0 radical (unpaired) electrons. The van der Waals surface area contributed by atoms with Crippen LogP contribution in [0.25, 0.3) is 22.7 Å². The normalized spacial score (nSPS) is 11.4. The number of carbonyl (C=O) groups is 1. The Morgan fingerprint density at radius 2 is 1.93 bits per heavy atom. The van der Waals surface area contributed by atoms with Gasteiger partial charge >= 0.3 is 5.97 Å². The summed E-state index contributed by atoms with van der Waals surface area (Å²) in [6, 6.07) is 19.7. The molecule has 0 bridgehead atoms. The van der Waals surface area contributed by atoms with Gasteiger partial charge in [0, 0.05) is 0 Å². The van der Waals surface area contributed by atoms with Gasteiger partial charge in [0.25, 0.3) is 0 Å². The van der Waals surface area contributed by atoms with Crippen molar-refractivity contribution in [2.45, 2.75) is 0 Å². The smallest absolute Gasteiger partial charge is 0.379 e. The number of imidazole rings is 1. The van der Waals surface area contributed by atoms with Crippen molar-refractivity contribution in [2.75, 3.05) is 0 Å². The van der Waals surface area contributed by atoms with E-state index in [0.717, 1.165) is 16.6 Å². The monoisotopic (exact) mass is 433 g/mol. The molecule has 6 nitrogen and oxygen atoms in total. The van der Waals surface area contributed by atoms with Gasteiger partial charge in [-0.05, 0) is 64.0 Å². The lowest BCUT2D eigenvalue weighted by molar-refractivity contribution is 0.0700. The van der Waals surface area contributed by atoms with E-state index < -0.39 is 5.97 Å². The molecule has 0 fully saturated rings. The van der Waals surface area contributed by atoms with Gasteiger partial charge in [0.2, 0.25) is 5.76 Å². The maximum atomic E-state index is 12.0. The first-order valence-electron chi connectivity index (χ1n) is 8.27. The van der Waals surface area contributed by atoms with Gasteiger partial charge in [0.05, 0.1) is 16.6 Å². The number of halogens is 1. The lowest BCUT2D eigenvalue weighted by atomic mass is 10.1. The molecule has 0 aliphatic heterocycles. The number of allylic oxidation sites excluding steroid dienone is 1. The lowest BCUT2D eigenvalue weighted by Gasteiger charge is -2.03. The summed E-state index contributed by atoms with van der Waals surface area (Å²) in [5, 5.41) is 9.51. The number of H-pyrrole nitrogens is 1. The minimum absolute atomic E-state index is 0.104. The van der Waals surface area contributed by atoms with Crippen LogP contribution in [0.3, 0.4) is 0 Å². The Hall–Kier alpha value is -3.63. The van der Waals surface area contributed by atoms with Gasteiger partial charge in [-0.25, -0.2) is 9.78 Å². The summed E-state index contributed by atoms with van der Waals surface area (Å²) in [5.74, 6) is 0.390. The van der Waals surface area contributed by atoms with Crippen molar-refractivity contribution >= 4 is 44.6 Å². The van der Waals surface area contributed by atoms with Crippen LogP contribution in [0.15, 0.2) is 69.8 Å². The zero-order chi connectivity index (χ0) is 19.5. The van der Waals surface area contributed by atoms with Crippen LogP contribution in [0, 0.1) is 11.3 Å². The highest BCUT2D eigenvalue weighted by Crippen LogP contribution is 2.22. The van der Waals surface area contributed by atoms with Crippen molar-refractivity contribution < 1.29 is 13.9 Å². The molecule has 4 aromatic rings. The largest absolute Gasteiger partial charge is 0.442 e. The zero-order valence-corrected chi connectivity index (χ0v) is 15.9. The number of nitrogens with one attached hydrogen (secondary N) is 1. The molecule has 2 aromatic heterocycles. The van der Waals surface area contributed by atoms with E-state index in [1.54, 1.807) is 36.4 Å². The molecular formula is C21H12BrN3O3. The second kappa shape index (κ2) is 7.55. The van der Waals surface area contributed by atoms with Gasteiger partial charge in [-0.15, -0.1) is 0 Å². The number of rotatable bonds is 4. The number of aromatic amines is 1. The average molecular weight is 434 g/mol. The molecule has 2 aromatic carbocycles. The highest BCUT2D eigenvalue weighted by Gasteiger charge is 2.13. The molecule has 0 saturated heterocycles. The fourth-order valence-electron chi connectivity index (χ4n) is 2.61. The van der Waals surface area contributed by atoms with E-state index in [1.165, 1.54) is 6.07 Å². The number of carbonyl (C=O) groups excluding carboxylic acids is 1. The maximum Gasteiger partial charge on any atom is 0.379 e. The van der Waals surface area contributed by atoms with Crippen LogP contribution >= 0.6 is 15.9 Å². The van der Waals surface area contributed by atoms with Crippen molar-refractivity contribution in [3.05, 3.63) is 82.5 Å². The average Bonchev–Trinajstić information content (AvgIpc) is 3.33. The van der Waals surface area contributed by atoms with Gasteiger partial charge in [-0.2, -0.15) is 5.26 Å². The van der Waals surface area contributed by atoms with Crippen LogP contribution in [-0.4, -0.2) is 15.9 Å². The predicted octanol–water partition coefficient (Wildman–Crippen LogP) is 5.20. The molecule has 7 heteroatoms. The van der Waals surface area contributed by atoms with Crippen molar-refractivity contribution in [2.24, 2.45) is 0 Å². The molecular weight excluding hydrogens is 422 g/mol. The molecule has 0 atom stereocenters. The van der Waals surface area contributed by atoms with E-state index in [0.29, 0.717) is 21.8 Å². The van der Waals surface area contributed by atoms with Crippen molar-refractivity contribution in [1.82, 2.24) is 9.97 Å². The fourth-order valence-corrected chi connectivity index (χ4v) is 2.92. The van der Waals surface area contributed by atoms with Gasteiger partial charge in [-0.3, -0.25) is 0 Å². The van der Waals surface area contributed by atoms with Crippen LogP contribution in [-0.2, 0) is 0 Å². The Morgan fingerprint density at radius 3 is 2.61 bits per heavy atom. The Kier molecular flexibility index (Phi) is 4.79. The Morgan fingerprint density at radius 1 is 1.14 bits per heavy atom. The summed E-state index contributed by atoms with van der Waals surface area (Å²) >= 11 is 3.14. The first-order chi connectivity index (χ1) is 13.6. The summed E-state index contributed by atoms with van der Waals surface area (Å²) in [5.41, 5.74) is 2.84. The molecule has 136 valence electrons. The predicted molar refractivity (Wildman–Crippen MR) is 107 cm³/mol. The van der Waals surface area contributed by atoms with E-state index >= 15 is 0 Å². The minimum Gasteiger partial charge on any atom is -0.442 e. The number of fused-ring (bicyclic) bond motifs is 1. The Bertz CT molecular complexity index is 1200. The maximum absolute atomic E-state index is 12.0. The van der Waals surface area contributed by atoms with E-state index in [1.807, 2.05) is 24.3 Å². The topological polar surface area (TPSA) is 91.9 Å². The molecule has 4 rings (SSSR count). The van der Waals surface area contributed by atoms with Crippen molar-refractivity contribution in [3.63, 3.8) is 0 Å². The number of esters is 1. The number of ether oxygens (including phenoxy) is 1. The summed E-state index contributed by atoms with van der Waals surface area (Å²) in [6.07, 6.45) is 1.72. The van der Waals surface area contributed by atoms with Gasteiger partial charge in [-0.1, -0.05) is 24.3 Å². The summed E-state index contributed by atoms with van der Waals surface area (Å²) in [7, 11) is 0. The Balaban J connectivity index is 1.54. The van der Waals surface area contributed by atoms with E-state index in [9.17, 15) is 10.1 Å². The molecule has 1 N–H and O–H groups in total. The molecule has 0 amide bonds. The molecule has 0 unspecified atom stereocenters. The number of hydrogen-bond acceptors (Lipinski definition) is 5. The molecule has 0 saturated carbocycles. The SMILES string of the molecule is N#CC(=Cc1ccc(OC(=O)c2ccc(Br)o2)cc1)c1nc2ccccc2[nH]1. The quantitative estimate of drug-likeness (QED) is 0.271. The van der Waals surface area contributed by atoms with Gasteiger partial charge in [0.15, 0.2) is 4.67 Å². The third-order valence-corrected chi connectivity index (χ3v) is 4.37. The second-order valence-electron chi connectivity index (χ2n) is 5.83. The minimum atomic E-state index is -0.589. The highest BCUT2D eigenvalue weighted by molar-refractivity contribution is 9.10. The number of benzene rings is 2. The number of nitriles is 1. The van der Waals surface area contributed by atoms with Crippen LogP contribution in [0.2, 0.25) is 0 Å². The third-order valence-electron chi connectivity index (χ3n) is 3.94. The number of furan rings is 1. The van der Waals surface area contributed by atoms with E-state index in [2.05, 4.69) is 32.0 Å². The molecule has 28 heavy (non-hydrogen) atoms. The highest BCUT2D eigenvalue weighted by atomic mass is 79.9. The second-order valence-corrected chi connectivity index (χ2v) is 6.62. The molecule has 2 heterocycles. The van der Waals surface area contributed by atoms with Crippen LogP contribution < -0.4 is 4.74 Å². The van der Waals surface area contributed by atoms with Crippen molar-refractivity contribution in [3.8, 4) is 11.8 Å². The lowest BCUT2D eigenvalue weighted by Crippen LogP contribution is -2.06. The summed E-state index contributed by atoms with van der Waals surface area (Å²) in [6.45, 7) is 0. The standard InChI is InChI=1S/C21H12BrN3O3/c22-19-10-9-18(28-19)21(26)27-15-7-5-13(6-8-15)11-14(12-23)20-24-16-3-1-2-4-17(16)25-20/h1-11H,(H,24,25). The summed E-state index contributed by atoms with van der Waals surface area (Å²) < 4.78 is 10.9. The van der Waals surface area contributed by atoms with Crippen LogP contribution in [0.1, 0.15) is 21.9 Å². The third kappa shape index (κ3) is 3.72. The van der Waals surface area contributed by atoms with E-state index in [4.69, 9.17) is 9.15 Å². The first-order valence-corrected chi connectivity index (χ1v) is 9.06. The number of hydrogen-bond donors (Lipinski definition) is 1. The molecule has 0 aliphatic carbocycles. The number of para-hydroxylation sites is 2. The van der Waals surface area contributed by atoms with E-state index in [-0.39, 0.29) is 5.76 Å². The summed E-state index contributed by atoms with van der Waals surface area (Å²) in [4.78, 5) is 19.6. The molecule has 0 aliphatic rings. The number of aromatic nitrogens is 2. The Labute approximate surface area is 168 Å². The zero-order valence-electron chi connectivity index (χ0n) is 14.3. The van der Waals surface area contributed by atoms with Gasteiger partial charge < -0.3 is 14.1 Å². The van der Waals surface area contributed by atoms with Crippen LogP contribution in [0.5, 0.6) is 5.75 Å². The van der Waals surface area contributed by atoms with Gasteiger partial charge in [0.1, 0.15) is 17.6 Å². The first kappa shape index (κ1) is 17.8. The van der Waals surface area contributed by atoms with Crippen LogP contribution in [0.4, 0.5) is 0 Å². The molecule has 0 spiro atoms. The number of nitrogens with zero attached hydrogens (tertiary/aromatic N) is 2. The fraction of sp³-hybridized carbons (Fsp3) is 0. The van der Waals surface area contributed by atoms with Crippen molar-refractivity contribution in [1.29, 1.82) is 5.26 Å².